The van der Waals surface area contributed by atoms with E-state index in [1.165, 1.54) is 22.5 Å². The summed E-state index contributed by atoms with van der Waals surface area (Å²) in [4.78, 5) is 21.1. The van der Waals surface area contributed by atoms with Crippen LogP contribution in [0.5, 0.6) is 0 Å². The van der Waals surface area contributed by atoms with Gasteiger partial charge in [0.25, 0.3) is 0 Å². The number of nitrogens with zero attached hydrogens (tertiary/aromatic N) is 5. The van der Waals surface area contributed by atoms with Crippen molar-refractivity contribution in [2.24, 2.45) is 0 Å². The van der Waals surface area contributed by atoms with Gasteiger partial charge in [-0.3, -0.25) is 9.55 Å². The molecule has 9 heteroatoms. The highest BCUT2D eigenvalue weighted by Gasteiger charge is 2.14. The SMILES string of the molecule is CP(=O)([O-])c1nccn1-c1ccc(Sc2cccc3cccnc23)nn1. The summed E-state index contributed by atoms with van der Waals surface area (Å²) in [7, 11) is -3.75. The van der Waals surface area contributed by atoms with Gasteiger partial charge in [0.15, 0.2) is 11.4 Å². The molecule has 1 unspecified atom stereocenters. The van der Waals surface area contributed by atoms with Crippen LogP contribution in [0.4, 0.5) is 0 Å². The van der Waals surface area contributed by atoms with Crippen LogP contribution in [0, 0.1) is 0 Å². The first-order valence-electron chi connectivity index (χ1n) is 7.70. The topological polar surface area (TPSA) is 96.6 Å². The van der Waals surface area contributed by atoms with Crippen LogP contribution in [0.25, 0.3) is 16.7 Å². The largest absolute Gasteiger partial charge is 0.794 e. The summed E-state index contributed by atoms with van der Waals surface area (Å²) in [5.41, 5.74) is 0.867. The lowest BCUT2D eigenvalue weighted by Gasteiger charge is -2.17. The van der Waals surface area contributed by atoms with Crippen LogP contribution in [-0.2, 0) is 4.57 Å². The lowest BCUT2D eigenvalue weighted by atomic mass is 10.2. The summed E-state index contributed by atoms with van der Waals surface area (Å²) in [6.07, 6.45) is 4.73. The van der Waals surface area contributed by atoms with E-state index in [-0.39, 0.29) is 5.57 Å². The van der Waals surface area contributed by atoms with Crippen molar-refractivity contribution < 1.29 is 9.46 Å². The Balaban J connectivity index is 1.65. The lowest BCUT2D eigenvalue weighted by molar-refractivity contribution is -0.170. The van der Waals surface area contributed by atoms with Gasteiger partial charge in [-0.1, -0.05) is 30.0 Å². The number of fused-ring (bicyclic) bond motifs is 1. The van der Waals surface area contributed by atoms with Crippen molar-refractivity contribution in [2.45, 2.75) is 9.92 Å². The van der Waals surface area contributed by atoms with Gasteiger partial charge in [-0.05, 0) is 30.9 Å². The minimum Gasteiger partial charge on any atom is -0.794 e. The molecule has 3 aromatic heterocycles. The van der Waals surface area contributed by atoms with Crippen molar-refractivity contribution in [3.63, 3.8) is 0 Å². The molecule has 7 nitrogen and oxygen atoms in total. The second-order valence-corrected chi connectivity index (χ2v) is 8.76. The van der Waals surface area contributed by atoms with Gasteiger partial charge in [-0.25, -0.2) is 4.98 Å². The van der Waals surface area contributed by atoms with E-state index in [2.05, 4.69) is 20.2 Å². The van der Waals surface area contributed by atoms with Crippen molar-refractivity contribution in [3.05, 3.63) is 61.1 Å². The maximum Gasteiger partial charge on any atom is 0.161 e. The molecule has 0 aliphatic rings. The molecule has 1 atom stereocenters. The second kappa shape index (κ2) is 6.64. The second-order valence-electron chi connectivity index (χ2n) is 5.61. The molecule has 0 radical (unpaired) electrons. The molecule has 3 heterocycles. The van der Waals surface area contributed by atoms with E-state index in [0.29, 0.717) is 10.8 Å². The number of hydrogen-bond donors (Lipinski definition) is 0. The maximum absolute atomic E-state index is 11.8. The van der Waals surface area contributed by atoms with Gasteiger partial charge < -0.3 is 9.46 Å². The molecular weight excluding hydrogens is 369 g/mol. The van der Waals surface area contributed by atoms with Crippen molar-refractivity contribution in [3.8, 4) is 5.82 Å². The van der Waals surface area contributed by atoms with E-state index in [1.807, 2.05) is 30.3 Å². The predicted molar refractivity (Wildman–Crippen MR) is 98.2 cm³/mol. The van der Waals surface area contributed by atoms with Gasteiger partial charge in [0.1, 0.15) is 5.03 Å². The van der Waals surface area contributed by atoms with Gasteiger partial charge in [-0.15, -0.1) is 10.2 Å². The summed E-state index contributed by atoms with van der Waals surface area (Å²) >= 11 is 1.46. The molecule has 0 aliphatic heterocycles. The Morgan fingerprint density at radius 1 is 1.04 bits per heavy atom. The molecule has 0 saturated carbocycles. The fourth-order valence-electron chi connectivity index (χ4n) is 2.54. The van der Waals surface area contributed by atoms with E-state index in [4.69, 9.17) is 0 Å². The van der Waals surface area contributed by atoms with Crippen LogP contribution in [0.3, 0.4) is 0 Å². The summed E-state index contributed by atoms with van der Waals surface area (Å²) in [5.74, 6) is 0.399. The van der Waals surface area contributed by atoms with Crippen LogP contribution in [0.15, 0.2) is 71.0 Å². The fraction of sp³-hybridized carbons (Fsp3) is 0.0588. The Morgan fingerprint density at radius 3 is 2.65 bits per heavy atom. The average molecular weight is 382 g/mol. The Kier molecular flexibility index (Phi) is 4.32. The number of para-hydroxylation sites is 1. The summed E-state index contributed by atoms with van der Waals surface area (Å²) in [5, 5.41) is 10.1. The molecule has 4 aromatic rings. The molecule has 26 heavy (non-hydrogen) atoms. The van der Waals surface area contributed by atoms with Gasteiger partial charge in [0, 0.05) is 28.9 Å². The van der Waals surface area contributed by atoms with Crippen molar-refractivity contribution in [1.82, 2.24) is 24.7 Å². The highest BCUT2D eigenvalue weighted by molar-refractivity contribution is 7.99. The molecule has 0 N–H and O–H groups in total. The normalized spacial score (nSPS) is 13.6. The van der Waals surface area contributed by atoms with Crippen LogP contribution in [-0.4, -0.2) is 31.4 Å². The highest BCUT2D eigenvalue weighted by Crippen LogP contribution is 2.31. The van der Waals surface area contributed by atoms with Crippen molar-refractivity contribution >= 4 is 35.6 Å². The zero-order valence-corrected chi connectivity index (χ0v) is 15.4. The van der Waals surface area contributed by atoms with E-state index in [0.717, 1.165) is 22.5 Å². The minimum atomic E-state index is -3.75. The first-order valence-corrected chi connectivity index (χ1v) is 10.6. The third kappa shape index (κ3) is 3.26. The molecule has 1 aromatic carbocycles. The number of benzene rings is 1. The summed E-state index contributed by atoms with van der Waals surface area (Å²) in [6, 6.07) is 13.4. The Morgan fingerprint density at radius 2 is 1.88 bits per heavy atom. The third-order valence-electron chi connectivity index (χ3n) is 3.67. The fourth-order valence-corrected chi connectivity index (χ4v) is 4.24. The van der Waals surface area contributed by atoms with Crippen LogP contribution in [0.1, 0.15) is 0 Å². The first kappa shape index (κ1) is 16.9. The molecule has 4 rings (SSSR count). The quantitative estimate of drug-likeness (QED) is 0.500. The molecular formula is C17H13N5O2PS-. The Hall–Kier alpha value is -2.54. The molecule has 130 valence electrons. The molecule has 0 fully saturated rings. The smallest absolute Gasteiger partial charge is 0.161 e. The van der Waals surface area contributed by atoms with Crippen LogP contribution in [0.2, 0.25) is 0 Å². The predicted octanol–water partition coefficient (Wildman–Crippen LogP) is 2.26. The van der Waals surface area contributed by atoms with Crippen LogP contribution >= 0.6 is 19.1 Å². The van der Waals surface area contributed by atoms with Crippen molar-refractivity contribution in [2.75, 3.05) is 6.66 Å². The monoisotopic (exact) mass is 382 g/mol. The van der Waals surface area contributed by atoms with E-state index in [1.54, 1.807) is 24.5 Å². The number of aromatic nitrogens is 5. The average Bonchev–Trinajstić information content (AvgIpc) is 3.13. The molecule has 0 amide bonds. The summed E-state index contributed by atoms with van der Waals surface area (Å²) in [6.45, 7) is 1.14. The van der Waals surface area contributed by atoms with Gasteiger partial charge in [0.05, 0.1) is 12.9 Å². The van der Waals surface area contributed by atoms with Gasteiger partial charge in [-0.2, -0.15) is 0 Å². The Labute approximate surface area is 153 Å². The van der Waals surface area contributed by atoms with Crippen molar-refractivity contribution in [1.29, 1.82) is 0 Å². The van der Waals surface area contributed by atoms with E-state index >= 15 is 0 Å². The zero-order valence-electron chi connectivity index (χ0n) is 13.7. The number of hydrogen-bond acceptors (Lipinski definition) is 7. The maximum atomic E-state index is 11.8. The Bertz CT molecular complexity index is 1120. The first-order chi connectivity index (χ1) is 12.5. The van der Waals surface area contributed by atoms with E-state index in [9.17, 15) is 9.46 Å². The highest BCUT2D eigenvalue weighted by atomic mass is 32.2. The van der Waals surface area contributed by atoms with E-state index < -0.39 is 7.37 Å². The molecule has 0 bridgehead atoms. The lowest BCUT2D eigenvalue weighted by Crippen LogP contribution is -2.24. The molecule has 0 aliphatic carbocycles. The number of rotatable bonds is 4. The minimum absolute atomic E-state index is 0.0366. The van der Waals surface area contributed by atoms with Gasteiger partial charge >= 0.3 is 0 Å². The van der Waals surface area contributed by atoms with Crippen LogP contribution < -0.4 is 10.5 Å². The third-order valence-corrected chi connectivity index (χ3v) is 5.70. The standard InChI is InChI=1S/C17H14N5O2PS/c1-25(23,24)17-19-10-11-22(17)14-7-8-15(21-20-14)26-13-6-2-4-12-5-3-9-18-16(12)13/h2-11H,1H3,(H,23,24)/p-1. The molecule has 0 saturated heterocycles. The molecule has 0 spiro atoms. The zero-order chi connectivity index (χ0) is 18.1. The number of pyridine rings is 1. The number of imidazole rings is 1. The van der Waals surface area contributed by atoms with Gasteiger partial charge in [0.2, 0.25) is 0 Å². The summed E-state index contributed by atoms with van der Waals surface area (Å²) < 4.78 is 13.2.